The van der Waals surface area contributed by atoms with Gasteiger partial charge in [0.2, 0.25) is 10.0 Å². The van der Waals surface area contributed by atoms with Gasteiger partial charge in [-0.05, 0) is 31.0 Å². The van der Waals surface area contributed by atoms with E-state index in [1.165, 1.54) is 12.1 Å². The number of aromatic carboxylic acids is 1. The number of nitrogens with two attached hydrogens (primary N) is 1. The number of carbonyl (C=O) groups is 1. The summed E-state index contributed by atoms with van der Waals surface area (Å²) < 4.78 is 22.6. The predicted molar refractivity (Wildman–Crippen MR) is 72.2 cm³/mol. The van der Waals surface area contributed by atoms with Crippen molar-refractivity contribution >= 4 is 21.7 Å². The first kappa shape index (κ1) is 14.8. The summed E-state index contributed by atoms with van der Waals surface area (Å²) in [5, 5.41) is 23.7. The molecule has 0 bridgehead atoms. The molecule has 0 amide bonds. The molecule has 1 aromatic carbocycles. The molecule has 4 N–H and O–H groups in total. The van der Waals surface area contributed by atoms with Crippen molar-refractivity contribution in [2.24, 2.45) is 5.14 Å². The fourth-order valence-electron chi connectivity index (χ4n) is 2.25. The van der Waals surface area contributed by atoms with Gasteiger partial charge in [-0.2, -0.15) is 0 Å². The summed E-state index contributed by atoms with van der Waals surface area (Å²) in [7, 11) is -3.94. The Hall–Kier alpha value is -1.64. The van der Waals surface area contributed by atoms with Crippen LogP contribution in [-0.2, 0) is 10.0 Å². The fraction of sp³-hybridized carbons (Fsp3) is 0.417. The van der Waals surface area contributed by atoms with Gasteiger partial charge in [0, 0.05) is 13.1 Å². The summed E-state index contributed by atoms with van der Waals surface area (Å²) in [4.78, 5) is 12.9. The number of benzene rings is 1. The van der Waals surface area contributed by atoms with Crippen molar-refractivity contribution < 1.29 is 23.4 Å². The molecule has 0 spiro atoms. The molecule has 1 saturated heterocycles. The molecule has 1 aliphatic rings. The van der Waals surface area contributed by atoms with Crippen LogP contribution in [0.2, 0.25) is 0 Å². The van der Waals surface area contributed by atoms with Crippen molar-refractivity contribution in [2.45, 2.75) is 23.8 Å². The minimum Gasteiger partial charge on any atom is -0.478 e. The maximum absolute atomic E-state index is 11.3. The first-order chi connectivity index (χ1) is 9.29. The third kappa shape index (κ3) is 3.09. The molecule has 1 aliphatic heterocycles. The van der Waals surface area contributed by atoms with Gasteiger partial charge in [0.15, 0.2) is 0 Å². The molecule has 2 rings (SSSR count). The molecule has 0 aromatic heterocycles. The van der Waals surface area contributed by atoms with Gasteiger partial charge in [-0.15, -0.1) is 0 Å². The van der Waals surface area contributed by atoms with Gasteiger partial charge in [-0.3, -0.25) is 0 Å². The molecule has 7 nitrogen and oxygen atoms in total. The van der Waals surface area contributed by atoms with Crippen LogP contribution < -0.4 is 10.0 Å². The van der Waals surface area contributed by atoms with Gasteiger partial charge in [-0.1, -0.05) is 0 Å². The number of carboxylic acid groups (broad SMARTS) is 1. The number of hydrogen-bond donors (Lipinski definition) is 3. The molecule has 0 unspecified atom stereocenters. The molecule has 20 heavy (non-hydrogen) atoms. The maximum atomic E-state index is 11.3. The molecule has 0 atom stereocenters. The smallest absolute Gasteiger partial charge is 0.337 e. The number of aliphatic hydroxyl groups excluding tert-OH is 1. The first-order valence-electron chi connectivity index (χ1n) is 6.12. The Morgan fingerprint density at radius 3 is 2.40 bits per heavy atom. The zero-order valence-corrected chi connectivity index (χ0v) is 11.5. The van der Waals surface area contributed by atoms with Crippen molar-refractivity contribution in [1.82, 2.24) is 0 Å². The van der Waals surface area contributed by atoms with Crippen LogP contribution in [0.4, 0.5) is 5.69 Å². The van der Waals surface area contributed by atoms with Crippen LogP contribution in [0.3, 0.4) is 0 Å². The SMILES string of the molecule is NS(=O)(=O)c1ccc(N2CCC(O)CC2)c(C(=O)O)c1. The first-order valence-corrected chi connectivity index (χ1v) is 7.67. The van der Waals surface area contributed by atoms with Crippen molar-refractivity contribution in [2.75, 3.05) is 18.0 Å². The van der Waals surface area contributed by atoms with Crippen LogP contribution in [0.5, 0.6) is 0 Å². The van der Waals surface area contributed by atoms with E-state index >= 15 is 0 Å². The van der Waals surface area contributed by atoms with E-state index < -0.39 is 16.0 Å². The van der Waals surface area contributed by atoms with Crippen LogP contribution in [0.15, 0.2) is 23.1 Å². The van der Waals surface area contributed by atoms with E-state index in [0.29, 0.717) is 31.6 Å². The molecule has 0 aliphatic carbocycles. The minimum atomic E-state index is -3.94. The second kappa shape index (κ2) is 5.39. The molecule has 110 valence electrons. The van der Waals surface area contributed by atoms with E-state index in [1.807, 2.05) is 4.90 Å². The number of rotatable bonds is 3. The summed E-state index contributed by atoms with van der Waals surface area (Å²) >= 11 is 0. The summed E-state index contributed by atoms with van der Waals surface area (Å²) in [6, 6.07) is 3.81. The Morgan fingerprint density at radius 2 is 1.90 bits per heavy atom. The lowest BCUT2D eigenvalue weighted by atomic mass is 10.1. The average molecular weight is 300 g/mol. The summed E-state index contributed by atoms with van der Waals surface area (Å²) in [5.74, 6) is -1.21. The number of aliphatic hydroxyl groups is 1. The number of sulfonamides is 1. The van der Waals surface area contributed by atoms with E-state index in [2.05, 4.69) is 0 Å². The number of carboxylic acids is 1. The molecule has 1 fully saturated rings. The van der Waals surface area contributed by atoms with Crippen LogP contribution in [0.1, 0.15) is 23.2 Å². The normalized spacial score (nSPS) is 17.2. The molecule has 0 radical (unpaired) electrons. The molecule has 1 heterocycles. The highest BCUT2D eigenvalue weighted by Crippen LogP contribution is 2.26. The minimum absolute atomic E-state index is 0.104. The van der Waals surface area contributed by atoms with Crippen LogP contribution in [0.25, 0.3) is 0 Å². The van der Waals surface area contributed by atoms with Crippen LogP contribution in [-0.4, -0.2) is 43.8 Å². The number of primary sulfonamides is 1. The van der Waals surface area contributed by atoms with Gasteiger partial charge < -0.3 is 15.1 Å². The Bertz CT molecular complexity index is 621. The standard InChI is InChI=1S/C12H16N2O5S/c13-20(18,19)9-1-2-11(10(7-9)12(16)17)14-5-3-8(15)4-6-14/h1-2,7-8,15H,3-6H2,(H,16,17)(H2,13,18,19). The molecular formula is C12H16N2O5S. The number of piperidine rings is 1. The van der Waals surface area contributed by atoms with E-state index in [0.717, 1.165) is 6.07 Å². The average Bonchev–Trinajstić information content (AvgIpc) is 2.38. The van der Waals surface area contributed by atoms with Crippen LogP contribution >= 0.6 is 0 Å². The highest BCUT2D eigenvalue weighted by molar-refractivity contribution is 7.89. The third-order valence-corrected chi connectivity index (χ3v) is 4.24. The van der Waals surface area contributed by atoms with Gasteiger partial charge >= 0.3 is 5.97 Å². The van der Waals surface area contributed by atoms with Crippen LogP contribution in [0, 0.1) is 0 Å². The highest BCUT2D eigenvalue weighted by Gasteiger charge is 2.23. The van der Waals surface area contributed by atoms with Gasteiger partial charge in [0.05, 0.1) is 22.3 Å². The quantitative estimate of drug-likeness (QED) is 0.722. The predicted octanol–water partition coefficient (Wildman–Crippen LogP) is -0.00670. The topological polar surface area (TPSA) is 121 Å². The molecule has 8 heteroatoms. The Balaban J connectivity index is 2.41. The molecular weight excluding hydrogens is 284 g/mol. The number of nitrogens with zero attached hydrogens (tertiary/aromatic N) is 1. The van der Waals surface area contributed by atoms with Gasteiger partial charge in [-0.25, -0.2) is 18.4 Å². The molecule has 0 saturated carbocycles. The van der Waals surface area contributed by atoms with Gasteiger partial charge in [0.25, 0.3) is 0 Å². The van der Waals surface area contributed by atoms with E-state index in [1.54, 1.807) is 0 Å². The second-order valence-corrected chi connectivity index (χ2v) is 6.31. The van der Waals surface area contributed by atoms with E-state index in [9.17, 15) is 23.4 Å². The number of hydrogen-bond acceptors (Lipinski definition) is 5. The van der Waals surface area contributed by atoms with Crippen molar-refractivity contribution in [1.29, 1.82) is 0 Å². The lowest BCUT2D eigenvalue weighted by molar-refractivity contribution is 0.0697. The lowest BCUT2D eigenvalue weighted by Gasteiger charge is -2.32. The van der Waals surface area contributed by atoms with Crippen molar-refractivity contribution in [3.63, 3.8) is 0 Å². The Kier molecular flexibility index (Phi) is 3.98. The van der Waals surface area contributed by atoms with Gasteiger partial charge in [0.1, 0.15) is 0 Å². The Morgan fingerprint density at radius 1 is 1.30 bits per heavy atom. The monoisotopic (exact) mass is 300 g/mol. The van der Waals surface area contributed by atoms with Crippen molar-refractivity contribution in [3.8, 4) is 0 Å². The molecule has 1 aromatic rings. The van der Waals surface area contributed by atoms with E-state index in [4.69, 9.17) is 5.14 Å². The highest BCUT2D eigenvalue weighted by atomic mass is 32.2. The third-order valence-electron chi connectivity index (χ3n) is 3.33. The zero-order valence-electron chi connectivity index (χ0n) is 10.7. The summed E-state index contributed by atoms with van der Waals surface area (Å²) in [6.45, 7) is 1.05. The summed E-state index contributed by atoms with van der Waals surface area (Å²) in [6.07, 6.45) is 0.731. The largest absolute Gasteiger partial charge is 0.478 e. The zero-order chi connectivity index (χ0) is 14.9. The Labute approximate surface area is 116 Å². The number of anilines is 1. The van der Waals surface area contributed by atoms with Crippen molar-refractivity contribution in [3.05, 3.63) is 23.8 Å². The summed E-state index contributed by atoms with van der Waals surface area (Å²) in [5.41, 5.74) is 0.338. The lowest BCUT2D eigenvalue weighted by Crippen LogP contribution is -2.36. The van der Waals surface area contributed by atoms with E-state index in [-0.39, 0.29) is 16.6 Å². The second-order valence-electron chi connectivity index (χ2n) is 4.75. The maximum Gasteiger partial charge on any atom is 0.337 e. The fourth-order valence-corrected chi connectivity index (χ4v) is 2.79.